The van der Waals surface area contributed by atoms with Crippen LogP contribution in [0.3, 0.4) is 0 Å². The maximum absolute atomic E-state index is 10.7. The van der Waals surface area contributed by atoms with Crippen LogP contribution in [0.25, 0.3) is 0 Å². The van der Waals surface area contributed by atoms with Crippen molar-refractivity contribution in [3.63, 3.8) is 0 Å². The molecule has 0 bridgehead atoms. The maximum Gasteiger partial charge on any atom is 0.309 e. The fourth-order valence-electron chi connectivity index (χ4n) is 0.831. The molecule has 3 nitrogen and oxygen atoms in total. The SMILES string of the molecule is C=C(CCCOC)CC(=O)OC. The van der Waals surface area contributed by atoms with Crippen LogP contribution < -0.4 is 0 Å². The van der Waals surface area contributed by atoms with Gasteiger partial charge in [-0.3, -0.25) is 4.79 Å². The molecule has 0 aliphatic carbocycles. The molecule has 3 heteroatoms. The van der Waals surface area contributed by atoms with Gasteiger partial charge in [-0.2, -0.15) is 0 Å². The van der Waals surface area contributed by atoms with E-state index in [4.69, 9.17) is 4.74 Å². The van der Waals surface area contributed by atoms with Gasteiger partial charge >= 0.3 is 5.97 Å². The minimum Gasteiger partial charge on any atom is -0.469 e. The third-order valence-corrected chi connectivity index (χ3v) is 1.50. The van der Waals surface area contributed by atoms with Crippen molar-refractivity contribution in [2.24, 2.45) is 0 Å². The minimum atomic E-state index is -0.225. The standard InChI is InChI=1S/C9H16O3/c1-8(5-4-6-11-2)7-9(10)12-3/h1,4-7H2,2-3H3. The summed E-state index contributed by atoms with van der Waals surface area (Å²) in [5, 5.41) is 0. The fourth-order valence-corrected chi connectivity index (χ4v) is 0.831. The number of rotatable bonds is 6. The monoisotopic (exact) mass is 172 g/mol. The molecule has 0 unspecified atom stereocenters. The summed E-state index contributed by atoms with van der Waals surface area (Å²) < 4.78 is 9.36. The van der Waals surface area contributed by atoms with Crippen molar-refractivity contribution in [3.05, 3.63) is 12.2 Å². The van der Waals surface area contributed by atoms with E-state index in [2.05, 4.69) is 11.3 Å². The number of carbonyl (C=O) groups excluding carboxylic acids is 1. The summed E-state index contributed by atoms with van der Waals surface area (Å²) in [6.07, 6.45) is 2.05. The Hall–Kier alpha value is -0.830. The molecule has 0 N–H and O–H groups in total. The molecule has 0 aromatic rings. The zero-order valence-electron chi connectivity index (χ0n) is 7.76. The highest BCUT2D eigenvalue weighted by molar-refractivity contribution is 5.71. The summed E-state index contributed by atoms with van der Waals surface area (Å²) in [5.74, 6) is -0.225. The first-order valence-electron chi connectivity index (χ1n) is 3.93. The Morgan fingerprint density at radius 2 is 2.08 bits per heavy atom. The van der Waals surface area contributed by atoms with E-state index < -0.39 is 0 Å². The third kappa shape index (κ3) is 5.92. The molecule has 0 radical (unpaired) electrons. The van der Waals surface area contributed by atoms with Gasteiger partial charge in [0.15, 0.2) is 0 Å². The van der Waals surface area contributed by atoms with E-state index in [1.54, 1.807) is 7.11 Å². The van der Waals surface area contributed by atoms with Crippen LogP contribution in [0.15, 0.2) is 12.2 Å². The molecule has 0 aliphatic rings. The van der Waals surface area contributed by atoms with Gasteiger partial charge in [0.2, 0.25) is 0 Å². The van der Waals surface area contributed by atoms with Gasteiger partial charge in [-0.15, -0.1) is 0 Å². The largest absolute Gasteiger partial charge is 0.469 e. The van der Waals surface area contributed by atoms with Crippen LogP contribution in [0.4, 0.5) is 0 Å². The summed E-state index contributed by atoms with van der Waals surface area (Å²) in [6.45, 7) is 4.47. The van der Waals surface area contributed by atoms with Crippen molar-refractivity contribution in [3.8, 4) is 0 Å². The Morgan fingerprint density at radius 1 is 1.42 bits per heavy atom. The number of hydrogen-bond donors (Lipinski definition) is 0. The Labute approximate surface area is 73.4 Å². The number of hydrogen-bond acceptors (Lipinski definition) is 3. The van der Waals surface area contributed by atoms with Crippen molar-refractivity contribution in [1.29, 1.82) is 0 Å². The van der Waals surface area contributed by atoms with Crippen LogP contribution in [0.1, 0.15) is 19.3 Å². The highest BCUT2D eigenvalue weighted by Crippen LogP contribution is 2.07. The Kier molecular flexibility index (Phi) is 6.38. The van der Waals surface area contributed by atoms with E-state index in [1.165, 1.54) is 7.11 Å². The van der Waals surface area contributed by atoms with Crippen LogP contribution in [-0.4, -0.2) is 26.8 Å². The number of carbonyl (C=O) groups is 1. The first kappa shape index (κ1) is 11.2. The highest BCUT2D eigenvalue weighted by atomic mass is 16.5. The van der Waals surface area contributed by atoms with Gasteiger partial charge in [0.05, 0.1) is 13.5 Å². The molecular weight excluding hydrogens is 156 g/mol. The van der Waals surface area contributed by atoms with Gasteiger partial charge in [0.1, 0.15) is 0 Å². The second-order valence-electron chi connectivity index (χ2n) is 2.60. The van der Waals surface area contributed by atoms with Gasteiger partial charge < -0.3 is 9.47 Å². The van der Waals surface area contributed by atoms with Crippen LogP contribution in [-0.2, 0) is 14.3 Å². The van der Waals surface area contributed by atoms with Crippen molar-refractivity contribution in [1.82, 2.24) is 0 Å². The molecule has 0 saturated carbocycles. The summed E-state index contributed by atoms with van der Waals surface area (Å²) >= 11 is 0. The molecule has 0 rings (SSSR count). The smallest absolute Gasteiger partial charge is 0.309 e. The summed E-state index contributed by atoms with van der Waals surface area (Å²) in [6, 6.07) is 0. The maximum atomic E-state index is 10.7. The predicted octanol–water partition coefficient (Wildman–Crippen LogP) is 1.53. The van der Waals surface area contributed by atoms with Crippen LogP contribution in [0, 0.1) is 0 Å². The van der Waals surface area contributed by atoms with Gasteiger partial charge in [0.25, 0.3) is 0 Å². The number of esters is 1. The normalized spacial score (nSPS) is 9.50. The van der Waals surface area contributed by atoms with E-state index in [0.29, 0.717) is 13.0 Å². The Bertz CT molecular complexity index is 152. The van der Waals surface area contributed by atoms with Crippen LogP contribution in [0.2, 0.25) is 0 Å². The minimum absolute atomic E-state index is 0.225. The second kappa shape index (κ2) is 6.85. The van der Waals surface area contributed by atoms with E-state index >= 15 is 0 Å². The summed E-state index contributed by atoms with van der Waals surface area (Å²) in [7, 11) is 3.04. The third-order valence-electron chi connectivity index (χ3n) is 1.50. The van der Waals surface area contributed by atoms with Gasteiger partial charge in [-0.05, 0) is 12.8 Å². The highest BCUT2D eigenvalue weighted by Gasteiger charge is 2.02. The number of methoxy groups -OCH3 is 2. The summed E-state index contributed by atoms with van der Waals surface area (Å²) in [4.78, 5) is 10.7. The van der Waals surface area contributed by atoms with E-state index in [1.807, 2.05) is 0 Å². The topological polar surface area (TPSA) is 35.5 Å². The van der Waals surface area contributed by atoms with Crippen molar-refractivity contribution >= 4 is 5.97 Å². The van der Waals surface area contributed by atoms with Gasteiger partial charge in [-0.1, -0.05) is 12.2 Å². The Balaban J connectivity index is 3.40. The lowest BCUT2D eigenvalue weighted by molar-refractivity contribution is -0.139. The lowest BCUT2D eigenvalue weighted by Gasteiger charge is -2.03. The molecule has 0 aromatic carbocycles. The second-order valence-corrected chi connectivity index (χ2v) is 2.60. The van der Waals surface area contributed by atoms with Crippen molar-refractivity contribution < 1.29 is 14.3 Å². The Morgan fingerprint density at radius 3 is 2.58 bits per heavy atom. The molecule has 0 fully saturated rings. The predicted molar refractivity (Wildman–Crippen MR) is 46.9 cm³/mol. The fraction of sp³-hybridized carbons (Fsp3) is 0.667. The molecule has 0 amide bonds. The first-order valence-corrected chi connectivity index (χ1v) is 3.93. The molecule has 0 aliphatic heterocycles. The molecular formula is C9H16O3. The van der Waals surface area contributed by atoms with Crippen LogP contribution in [0.5, 0.6) is 0 Å². The average molecular weight is 172 g/mol. The van der Waals surface area contributed by atoms with Gasteiger partial charge in [-0.25, -0.2) is 0 Å². The lowest BCUT2D eigenvalue weighted by Crippen LogP contribution is -2.01. The molecule has 0 aromatic heterocycles. The van der Waals surface area contributed by atoms with E-state index in [9.17, 15) is 4.79 Å². The molecule has 0 atom stereocenters. The van der Waals surface area contributed by atoms with Crippen LogP contribution >= 0.6 is 0 Å². The van der Waals surface area contributed by atoms with Crippen molar-refractivity contribution in [2.75, 3.05) is 20.8 Å². The molecule has 0 saturated heterocycles. The molecule has 12 heavy (non-hydrogen) atoms. The molecule has 0 spiro atoms. The first-order chi connectivity index (χ1) is 5.70. The summed E-state index contributed by atoms with van der Waals surface area (Å²) in [5.41, 5.74) is 0.902. The molecule has 0 heterocycles. The molecule has 70 valence electrons. The van der Waals surface area contributed by atoms with Crippen molar-refractivity contribution in [2.45, 2.75) is 19.3 Å². The zero-order valence-corrected chi connectivity index (χ0v) is 7.76. The lowest BCUT2D eigenvalue weighted by atomic mass is 10.1. The number of ether oxygens (including phenoxy) is 2. The average Bonchev–Trinajstić information content (AvgIpc) is 2.05. The van der Waals surface area contributed by atoms with E-state index in [0.717, 1.165) is 18.4 Å². The van der Waals surface area contributed by atoms with E-state index in [-0.39, 0.29) is 5.97 Å². The quantitative estimate of drug-likeness (QED) is 0.346. The zero-order chi connectivity index (χ0) is 9.40. The van der Waals surface area contributed by atoms with Gasteiger partial charge in [0, 0.05) is 13.7 Å².